The van der Waals surface area contributed by atoms with Crippen LogP contribution in [-0.2, 0) is 4.79 Å². The van der Waals surface area contributed by atoms with Gasteiger partial charge in [0.15, 0.2) is 0 Å². The summed E-state index contributed by atoms with van der Waals surface area (Å²) in [6.45, 7) is 3.39. The fourth-order valence-corrected chi connectivity index (χ4v) is 2.91. The summed E-state index contributed by atoms with van der Waals surface area (Å²) in [5.74, 6) is 0.127. The average molecular weight is 339 g/mol. The van der Waals surface area contributed by atoms with E-state index < -0.39 is 0 Å². The molecule has 2 N–H and O–H groups in total. The third kappa shape index (κ3) is 3.60. The van der Waals surface area contributed by atoms with Gasteiger partial charge in [-0.15, -0.1) is 0 Å². The summed E-state index contributed by atoms with van der Waals surface area (Å²) in [5, 5.41) is 0. The van der Waals surface area contributed by atoms with Crippen molar-refractivity contribution >= 4 is 27.7 Å². The highest BCUT2D eigenvalue weighted by Crippen LogP contribution is 2.23. The lowest BCUT2D eigenvalue weighted by molar-refractivity contribution is -0.119. The summed E-state index contributed by atoms with van der Waals surface area (Å²) >= 11 is 3.45. The van der Waals surface area contributed by atoms with Gasteiger partial charge in [-0.05, 0) is 43.4 Å². The lowest BCUT2D eigenvalue weighted by Gasteiger charge is -2.31. The van der Waals surface area contributed by atoms with Gasteiger partial charge in [0, 0.05) is 29.5 Å². The zero-order chi connectivity index (χ0) is 14.7. The van der Waals surface area contributed by atoms with Gasteiger partial charge in [-0.3, -0.25) is 9.59 Å². The van der Waals surface area contributed by atoms with Crippen LogP contribution in [0, 0.1) is 12.8 Å². The smallest absolute Gasteiger partial charge is 0.253 e. The highest BCUT2D eigenvalue weighted by molar-refractivity contribution is 9.10. The number of piperidine rings is 1. The Hall–Kier alpha value is -1.36. The third-order valence-electron chi connectivity index (χ3n) is 3.81. The zero-order valence-electron chi connectivity index (χ0n) is 11.6. The van der Waals surface area contributed by atoms with E-state index in [1.165, 1.54) is 0 Å². The molecule has 1 aromatic carbocycles. The minimum absolute atomic E-state index is 0.0585. The van der Waals surface area contributed by atoms with E-state index in [2.05, 4.69) is 15.9 Å². The highest BCUT2D eigenvalue weighted by Gasteiger charge is 2.24. The maximum Gasteiger partial charge on any atom is 0.253 e. The Balaban J connectivity index is 1.97. The largest absolute Gasteiger partial charge is 0.370 e. The van der Waals surface area contributed by atoms with Gasteiger partial charge < -0.3 is 10.6 Å². The van der Waals surface area contributed by atoms with Gasteiger partial charge in [-0.1, -0.05) is 22.0 Å². The lowest BCUT2D eigenvalue weighted by atomic mass is 9.93. The van der Waals surface area contributed by atoms with E-state index in [1.807, 2.05) is 30.0 Å². The first kappa shape index (κ1) is 15.0. The van der Waals surface area contributed by atoms with E-state index in [9.17, 15) is 9.59 Å². The van der Waals surface area contributed by atoms with Gasteiger partial charge in [0.25, 0.3) is 5.91 Å². The predicted octanol–water partition coefficient (Wildman–Crippen LogP) is 2.49. The molecule has 0 spiro atoms. The zero-order valence-corrected chi connectivity index (χ0v) is 13.1. The number of carbonyl (C=O) groups is 2. The van der Waals surface area contributed by atoms with Gasteiger partial charge >= 0.3 is 0 Å². The number of halogens is 1. The fourth-order valence-electron chi connectivity index (χ4n) is 2.53. The quantitative estimate of drug-likeness (QED) is 0.920. The fraction of sp³-hybridized carbons (Fsp3) is 0.467. The summed E-state index contributed by atoms with van der Waals surface area (Å²) in [6.07, 6.45) is 2.13. The average Bonchev–Trinajstić information content (AvgIpc) is 2.41. The molecule has 0 atom stereocenters. The maximum absolute atomic E-state index is 12.4. The SMILES string of the molecule is Cc1ccc(C(=O)N2CCC(CC(N)=O)CC2)cc1Br. The van der Waals surface area contributed by atoms with E-state index >= 15 is 0 Å². The van der Waals surface area contributed by atoms with Crippen LogP contribution in [0.15, 0.2) is 22.7 Å². The number of nitrogens with zero attached hydrogens (tertiary/aromatic N) is 1. The van der Waals surface area contributed by atoms with Gasteiger partial charge in [-0.2, -0.15) is 0 Å². The van der Waals surface area contributed by atoms with E-state index in [0.29, 0.717) is 31.0 Å². The molecule has 0 aromatic heterocycles. The predicted molar refractivity (Wildman–Crippen MR) is 81.3 cm³/mol. The molecule has 108 valence electrons. The molecular weight excluding hydrogens is 320 g/mol. The number of hydrogen-bond donors (Lipinski definition) is 1. The molecule has 5 heteroatoms. The number of nitrogens with two attached hydrogens (primary N) is 1. The van der Waals surface area contributed by atoms with Crippen LogP contribution in [-0.4, -0.2) is 29.8 Å². The molecule has 0 saturated carbocycles. The number of amides is 2. The van der Waals surface area contributed by atoms with Crippen LogP contribution in [0.5, 0.6) is 0 Å². The molecule has 1 heterocycles. The third-order valence-corrected chi connectivity index (χ3v) is 4.66. The molecule has 20 heavy (non-hydrogen) atoms. The molecule has 0 aliphatic carbocycles. The van der Waals surface area contributed by atoms with Crippen molar-refractivity contribution in [3.63, 3.8) is 0 Å². The first-order valence-electron chi connectivity index (χ1n) is 6.81. The van der Waals surface area contributed by atoms with Crippen molar-refractivity contribution in [1.29, 1.82) is 0 Å². The van der Waals surface area contributed by atoms with Crippen LogP contribution in [0.1, 0.15) is 35.2 Å². The Kier molecular flexibility index (Phi) is 4.81. The van der Waals surface area contributed by atoms with E-state index in [1.54, 1.807) is 0 Å². The summed E-state index contributed by atoms with van der Waals surface area (Å²) in [7, 11) is 0. The summed E-state index contributed by atoms with van der Waals surface area (Å²) in [6, 6.07) is 5.67. The first-order valence-corrected chi connectivity index (χ1v) is 7.60. The number of hydrogen-bond acceptors (Lipinski definition) is 2. The number of primary amides is 1. The molecule has 1 aliphatic rings. The molecule has 4 nitrogen and oxygen atoms in total. The van der Waals surface area contributed by atoms with Crippen molar-refractivity contribution in [1.82, 2.24) is 4.90 Å². The van der Waals surface area contributed by atoms with Gasteiger partial charge in [0.1, 0.15) is 0 Å². The lowest BCUT2D eigenvalue weighted by Crippen LogP contribution is -2.39. The second-order valence-corrected chi connectivity index (χ2v) is 6.22. The molecule has 1 aromatic rings. The standard InChI is InChI=1S/C15H19BrN2O2/c1-10-2-3-12(9-13(10)16)15(20)18-6-4-11(5-7-18)8-14(17)19/h2-3,9,11H,4-8H2,1H3,(H2,17,19). The minimum atomic E-state index is -0.253. The summed E-state index contributed by atoms with van der Waals surface area (Å²) in [4.78, 5) is 25.2. The molecule has 1 aliphatic heterocycles. The number of likely N-dealkylation sites (tertiary alicyclic amines) is 1. The van der Waals surface area contributed by atoms with E-state index in [-0.39, 0.29) is 11.8 Å². The number of rotatable bonds is 3. The van der Waals surface area contributed by atoms with Gasteiger partial charge in [0.2, 0.25) is 5.91 Å². The van der Waals surface area contributed by atoms with E-state index in [0.717, 1.165) is 22.9 Å². The van der Waals surface area contributed by atoms with Crippen LogP contribution in [0.4, 0.5) is 0 Å². The van der Waals surface area contributed by atoms with Crippen molar-refractivity contribution in [2.24, 2.45) is 11.7 Å². The second-order valence-electron chi connectivity index (χ2n) is 5.37. The van der Waals surface area contributed by atoms with Crippen molar-refractivity contribution < 1.29 is 9.59 Å². The molecule has 2 amide bonds. The molecular formula is C15H19BrN2O2. The first-order chi connectivity index (χ1) is 9.47. The maximum atomic E-state index is 12.4. The van der Waals surface area contributed by atoms with Crippen LogP contribution in [0.25, 0.3) is 0 Å². The molecule has 1 fully saturated rings. The van der Waals surface area contributed by atoms with Crippen molar-refractivity contribution in [2.75, 3.05) is 13.1 Å². The van der Waals surface area contributed by atoms with Crippen LogP contribution in [0.3, 0.4) is 0 Å². The Morgan fingerprint density at radius 2 is 2.00 bits per heavy atom. The normalized spacial score (nSPS) is 16.2. The number of aryl methyl sites for hydroxylation is 1. The number of carbonyl (C=O) groups excluding carboxylic acids is 2. The van der Waals surface area contributed by atoms with Gasteiger partial charge in [-0.25, -0.2) is 0 Å². The molecule has 0 unspecified atom stereocenters. The Morgan fingerprint density at radius 1 is 1.35 bits per heavy atom. The van der Waals surface area contributed by atoms with E-state index in [4.69, 9.17) is 5.73 Å². The van der Waals surface area contributed by atoms with Crippen LogP contribution in [0.2, 0.25) is 0 Å². The Bertz CT molecular complexity index is 523. The number of benzene rings is 1. The molecule has 0 radical (unpaired) electrons. The monoisotopic (exact) mass is 338 g/mol. The summed E-state index contributed by atoms with van der Waals surface area (Å²) < 4.78 is 0.951. The minimum Gasteiger partial charge on any atom is -0.370 e. The highest BCUT2D eigenvalue weighted by atomic mass is 79.9. The molecule has 1 saturated heterocycles. The molecule has 0 bridgehead atoms. The van der Waals surface area contributed by atoms with Crippen molar-refractivity contribution in [3.8, 4) is 0 Å². The topological polar surface area (TPSA) is 63.4 Å². The van der Waals surface area contributed by atoms with Crippen LogP contribution >= 0.6 is 15.9 Å². The van der Waals surface area contributed by atoms with Gasteiger partial charge in [0.05, 0.1) is 0 Å². The van der Waals surface area contributed by atoms with Crippen molar-refractivity contribution in [3.05, 3.63) is 33.8 Å². The Morgan fingerprint density at radius 3 is 2.55 bits per heavy atom. The summed E-state index contributed by atoms with van der Waals surface area (Å²) in [5.41, 5.74) is 7.03. The molecule has 2 rings (SSSR count). The Labute approximate surface area is 127 Å². The van der Waals surface area contributed by atoms with Crippen molar-refractivity contribution in [2.45, 2.75) is 26.2 Å². The van der Waals surface area contributed by atoms with Crippen LogP contribution < -0.4 is 5.73 Å². The second kappa shape index (κ2) is 6.39.